The number of halogens is 1. The highest BCUT2D eigenvalue weighted by molar-refractivity contribution is 7.93. The maximum atomic E-state index is 13.2. The first-order valence-electron chi connectivity index (χ1n) is 8.55. The highest BCUT2D eigenvalue weighted by Gasteiger charge is 2.41. The molecule has 1 aliphatic heterocycles. The van der Waals surface area contributed by atoms with E-state index >= 15 is 0 Å². The number of hydrogen-bond donors (Lipinski definition) is 0. The van der Waals surface area contributed by atoms with Crippen LogP contribution in [-0.2, 0) is 14.8 Å². The Labute approximate surface area is 168 Å². The third kappa shape index (κ3) is 3.15. The number of cyclic esters (lactones) is 1. The van der Waals surface area contributed by atoms with E-state index in [0.29, 0.717) is 14.9 Å². The number of ether oxygens (including phenoxy) is 1. The van der Waals surface area contributed by atoms with Gasteiger partial charge >= 0.3 is 6.09 Å². The second-order valence-corrected chi connectivity index (χ2v) is 8.68. The van der Waals surface area contributed by atoms with E-state index in [1.54, 1.807) is 24.3 Å². The molecule has 7 heteroatoms. The maximum absolute atomic E-state index is 13.2. The van der Waals surface area contributed by atoms with Crippen LogP contribution in [0.1, 0.15) is 22.8 Å². The van der Waals surface area contributed by atoms with E-state index in [1.165, 1.54) is 18.2 Å². The summed E-state index contributed by atoms with van der Waals surface area (Å²) < 4.78 is 32.6. The summed E-state index contributed by atoms with van der Waals surface area (Å²) in [6.07, 6.45) is -1.70. The lowest BCUT2D eigenvalue weighted by atomic mass is 9.99. The maximum Gasteiger partial charge on any atom is 0.429 e. The molecule has 1 aliphatic rings. The molecule has 1 unspecified atom stereocenters. The van der Waals surface area contributed by atoms with E-state index in [1.807, 2.05) is 37.3 Å². The molecule has 3 aromatic carbocycles. The van der Waals surface area contributed by atoms with Gasteiger partial charge in [-0.05, 0) is 42.8 Å². The first-order chi connectivity index (χ1) is 13.4. The lowest BCUT2D eigenvalue weighted by Gasteiger charge is -2.33. The van der Waals surface area contributed by atoms with Crippen molar-refractivity contribution in [3.8, 4) is 0 Å². The van der Waals surface area contributed by atoms with Crippen molar-refractivity contribution in [1.82, 2.24) is 0 Å². The monoisotopic (exact) mass is 413 g/mol. The van der Waals surface area contributed by atoms with E-state index in [2.05, 4.69) is 0 Å². The van der Waals surface area contributed by atoms with Crippen molar-refractivity contribution in [2.24, 2.45) is 0 Å². The first kappa shape index (κ1) is 18.5. The third-order valence-corrected chi connectivity index (χ3v) is 6.47. The normalized spacial score (nSPS) is 16.4. The van der Waals surface area contributed by atoms with Gasteiger partial charge in [0.05, 0.1) is 10.6 Å². The highest BCUT2D eigenvalue weighted by atomic mass is 35.5. The van der Waals surface area contributed by atoms with Crippen LogP contribution in [0.3, 0.4) is 0 Å². The molecule has 0 bridgehead atoms. The average molecular weight is 414 g/mol. The lowest BCUT2D eigenvalue weighted by Crippen LogP contribution is -2.42. The van der Waals surface area contributed by atoms with Crippen LogP contribution in [0, 0.1) is 6.92 Å². The number of hydrogen-bond acceptors (Lipinski definition) is 4. The van der Waals surface area contributed by atoms with Crippen LogP contribution < -0.4 is 4.31 Å². The van der Waals surface area contributed by atoms with Gasteiger partial charge in [0.15, 0.2) is 6.10 Å². The number of anilines is 1. The SMILES string of the molecule is Cc1ccc(S(=O)(=O)N2C(=O)OC(c3ccccc3)c3cc(Cl)ccc32)cc1. The van der Waals surface area contributed by atoms with Crippen molar-refractivity contribution in [3.05, 3.63) is 94.5 Å². The summed E-state index contributed by atoms with van der Waals surface area (Å²) in [6, 6.07) is 20.1. The molecule has 0 saturated heterocycles. The summed E-state index contributed by atoms with van der Waals surface area (Å²) in [5.74, 6) is 0. The van der Waals surface area contributed by atoms with Crippen LogP contribution in [0.25, 0.3) is 0 Å². The topological polar surface area (TPSA) is 63.7 Å². The van der Waals surface area contributed by atoms with Crippen molar-refractivity contribution in [1.29, 1.82) is 0 Å². The van der Waals surface area contributed by atoms with E-state index in [0.717, 1.165) is 11.1 Å². The zero-order valence-electron chi connectivity index (χ0n) is 14.9. The predicted molar refractivity (Wildman–Crippen MR) is 107 cm³/mol. The van der Waals surface area contributed by atoms with E-state index in [9.17, 15) is 13.2 Å². The number of benzene rings is 3. The first-order valence-corrected chi connectivity index (χ1v) is 10.4. The van der Waals surface area contributed by atoms with Crippen LogP contribution in [0.4, 0.5) is 10.5 Å². The summed E-state index contributed by atoms with van der Waals surface area (Å²) in [5.41, 5.74) is 2.38. The van der Waals surface area contributed by atoms with E-state index < -0.39 is 22.2 Å². The summed E-state index contributed by atoms with van der Waals surface area (Å²) in [6.45, 7) is 1.85. The Morgan fingerprint density at radius 1 is 0.964 bits per heavy atom. The van der Waals surface area contributed by atoms with Crippen molar-refractivity contribution < 1.29 is 17.9 Å². The second-order valence-electron chi connectivity index (χ2n) is 6.46. The van der Waals surface area contributed by atoms with Crippen LogP contribution in [0.15, 0.2) is 77.7 Å². The number of carbonyl (C=O) groups excluding carboxylic acids is 1. The Balaban J connectivity index is 1.88. The largest absolute Gasteiger partial charge is 0.435 e. The Hall–Kier alpha value is -2.83. The fourth-order valence-electron chi connectivity index (χ4n) is 3.15. The van der Waals surface area contributed by atoms with Gasteiger partial charge in [0.2, 0.25) is 0 Å². The molecule has 5 nitrogen and oxygen atoms in total. The molecule has 0 spiro atoms. The Morgan fingerprint density at radius 2 is 1.64 bits per heavy atom. The van der Waals surface area contributed by atoms with Gasteiger partial charge < -0.3 is 4.74 Å². The minimum absolute atomic E-state index is 0.00844. The second kappa shape index (κ2) is 6.96. The van der Waals surface area contributed by atoms with Gasteiger partial charge in [0.25, 0.3) is 10.0 Å². The Morgan fingerprint density at radius 3 is 2.32 bits per heavy atom. The number of nitrogens with zero attached hydrogens (tertiary/aromatic N) is 1. The molecule has 0 N–H and O–H groups in total. The highest BCUT2D eigenvalue weighted by Crippen LogP contribution is 2.42. The minimum atomic E-state index is -4.14. The van der Waals surface area contributed by atoms with Crippen molar-refractivity contribution in [2.45, 2.75) is 17.9 Å². The zero-order chi connectivity index (χ0) is 19.9. The van der Waals surface area contributed by atoms with Gasteiger partial charge in [0.1, 0.15) is 0 Å². The quantitative estimate of drug-likeness (QED) is 0.600. The van der Waals surface area contributed by atoms with E-state index in [-0.39, 0.29) is 10.6 Å². The molecule has 1 amide bonds. The summed E-state index contributed by atoms with van der Waals surface area (Å²) >= 11 is 6.15. The fraction of sp³-hybridized carbons (Fsp3) is 0.0952. The van der Waals surface area contributed by atoms with Crippen molar-refractivity contribution in [2.75, 3.05) is 4.31 Å². The molecular formula is C21H16ClNO4S. The summed E-state index contributed by atoms with van der Waals surface area (Å²) in [5, 5.41) is 0.422. The zero-order valence-corrected chi connectivity index (χ0v) is 16.4. The summed E-state index contributed by atoms with van der Waals surface area (Å²) in [4.78, 5) is 12.8. The molecule has 0 fully saturated rings. The van der Waals surface area contributed by atoms with Crippen LogP contribution in [0.2, 0.25) is 5.02 Å². The standard InChI is InChI=1S/C21H16ClNO4S/c1-14-7-10-17(11-8-14)28(25,26)23-19-12-9-16(22)13-18(19)20(27-21(23)24)15-5-3-2-4-6-15/h2-13,20H,1H3. The Kier molecular flexibility index (Phi) is 4.61. The van der Waals surface area contributed by atoms with Crippen LogP contribution in [0.5, 0.6) is 0 Å². The molecular weight excluding hydrogens is 398 g/mol. The summed E-state index contributed by atoms with van der Waals surface area (Å²) in [7, 11) is -4.14. The molecule has 0 saturated carbocycles. The minimum Gasteiger partial charge on any atom is -0.435 e. The van der Waals surface area contributed by atoms with Crippen LogP contribution in [-0.4, -0.2) is 14.5 Å². The predicted octanol–water partition coefficient (Wildman–Crippen LogP) is 5.08. The molecule has 1 heterocycles. The van der Waals surface area contributed by atoms with Crippen LogP contribution >= 0.6 is 11.6 Å². The van der Waals surface area contributed by atoms with Gasteiger partial charge in [-0.1, -0.05) is 59.6 Å². The molecule has 4 rings (SSSR count). The van der Waals surface area contributed by atoms with Gasteiger partial charge in [-0.15, -0.1) is 0 Å². The molecule has 0 aromatic heterocycles. The fourth-order valence-corrected chi connectivity index (χ4v) is 4.69. The van der Waals surface area contributed by atoms with Gasteiger partial charge in [-0.25, -0.2) is 13.2 Å². The average Bonchev–Trinajstić information content (AvgIpc) is 2.68. The molecule has 1 atom stereocenters. The number of amides is 1. The smallest absolute Gasteiger partial charge is 0.429 e. The number of aryl methyl sites for hydroxylation is 1. The van der Waals surface area contributed by atoms with E-state index in [4.69, 9.17) is 16.3 Å². The number of carbonyl (C=O) groups is 1. The molecule has 142 valence electrons. The lowest BCUT2D eigenvalue weighted by molar-refractivity contribution is 0.122. The number of fused-ring (bicyclic) bond motifs is 1. The Bertz CT molecular complexity index is 1140. The number of sulfonamides is 1. The third-order valence-electron chi connectivity index (χ3n) is 4.54. The molecule has 0 radical (unpaired) electrons. The van der Waals surface area contributed by atoms with Crippen molar-refractivity contribution in [3.63, 3.8) is 0 Å². The van der Waals surface area contributed by atoms with Gasteiger partial charge in [-0.3, -0.25) is 0 Å². The van der Waals surface area contributed by atoms with Gasteiger partial charge in [0, 0.05) is 10.6 Å². The number of rotatable bonds is 3. The molecule has 3 aromatic rings. The van der Waals surface area contributed by atoms with Crippen molar-refractivity contribution >= 4 is 33.4 Å². The van der Waals surface area contributed by atoms with Gasteiger partial charge in [-0.2, -0.15) is 4.31 Å². The molecule has 28 heavy (non-hydrogen) atoms. The molecule has 0 aliphatic carbocycles.